The molecule has 3 N–H and O–H groups in total. The van der Waals surface area contributed by atoms with E-state index in [-0.39, 0.29) is 6.04 Å². The fourth-order valence-corrected chi connectivity index (χ4v) is 3.43. The molecule has 0 aliphatic rings. The molecule has 0 bridgehead atoms. The SMILES string of the molecule is NNC(CSc1cccc(Cl)c1)Cc1cncs1. The molecule has 0 saturated heterocycles. The zero-order chi connectivity index (χ0) is 12.8. The van der Waals surface area contributed by atoms with Crippen LogP contribution in [0.3, 0.4) is 0 Å². The first-order valence-corrected chi connectivity index (χ1v) is 7.74. The van der Waals surface area contributed by atoms with Crippen LogP contribution in [0.2, 0.25) is 5.02 Å². The van der Waals surface area contributed by atoms with Gasteiger partial charge >= 0.3 is 0 Å². The number of thioether (sulfide) groups is 1. The molecule has 0 aliphatic carbocycles. The number of nitrogens with zero attached hydrogens (tertiary/aromatic N) is 1. The van der Waals surface area contributed by atoms with E-state index in [1.54, 1.807) is 23.1 Å². The van der Waals surface area contributed by atoms with E-state index in [9.17, 15) is 0 Å². The summed E-state index contributed by atoms with van der Waals surface area (Å²) in [6.07, 6.45) is 2.79. The zero-order valence-corrected chi connectivity index (χ0v) is 12.1. The fraction of sp³-hybridized carbons (Fsp3) is 0.250. The van der Waals surface area contributed by atoms with Crippen LogP contribution >= 0.6 is 34.7 Å². The summed E-state index contributed by atoms with van der Waals surface area (Å²) in [5, 5.41) is 0.764. The van der Waals surface area contributed by atoms with Gasteiger partial charge in [-0.05, 0) is 18.2 Å². The fourth-order valence-electron chi connectivity index (χ4n) is 1.51. The average Bonchev–Trinajstić information content (AvgIpc) is 2.87. The number of benzene rings is 1. The highest BCUT2D eigenvalue weighted by molar-refractivity contribution is 7.99. The number of thiazole rings is 1. The van der Waals surface area contributed by atoms with Crippen LogP contribution in [0.25, 0.3) is 0 Å². The van der Waals surface area contributed by atoms with Crippen LogP contribution < -0.4 is 11.3 Å². The maximum absolute atomic E-state index is 5.95. The summed E-state index contributed by atoms with van der Waals surface area (Å²) in [5.74, 6) is 6.48. The second-order valence-corrected chi connectivity index (χ2v) is 6.30. The van der Waals surface area contributed by atoms with Crippen molar-refractivity contribution in [1.82, 2.24) is 10.4 Å². The number of hydrazine groups is 1. The molecule has 18 heavy (non-hydrogen) atoms. The molecular formula is C12H14ClN3S2. The van der Waals surface area contributed by atoms with Gasteiger partial charge in [0.2, 0.25) is 0 Å². The van der Waals surface area contributed by atoms with Gasteiger partial charge in [0.25, 0.3) is 0 Å². The van der Waals surface area contributed by atoms with Crippen LogP contribution in [0, 0.1) is 0 Å². The van der Waals surface area contributed by atoms with Gasteiger partial charge in [0.15, 0.2) is 0 Å². The summed E-state index contributed by atoms with van der Waals surface area (Å²) in [5.41, 5.74) is 4.69. The smallest absolute Gasteiger partial charge is 0.0794 e. The van der Waals surface area contributed by atoms with Crippen LogP contribution in [0.4, 0.5) is 0 Å². The maximum atomic E-state index is 5.95. The Labute approximate surface area is 120 Å². The Morgan fingerprint density at radius 2 is 2.39 bits per heavy atom. The van der Waals surface area contributed by atoms with Gasteiger partial charge < -0.3 is 0 Å². The number of rotatable bonds is 6. The molecule has 96 valence electrons. The number of hydrogen-bond acceptors (Lipinski definition) is 5. The summed E-state index contributed by atoms with van der Waals surface area (Å²) in [4.78, 5) is 6.46. The topological polar surface area (TPSA) is 50.9 Å². The molecule has 0 amide bonds. The molecular weight excluding hydrogens is 286 g/mol. The minimum atomic E-state index is 0.231. The highest BCUT2D eigenvalue weighted by Crippen LogP contribution is 2.23. The first-order chi connectivity index (χ1) is 8.78. The van der Waals surface area contributed by atoms with Gasteiger partial charge in [0.05, 0.1) is 5.51 Å². The monoisotopic (exact) mass is 299 g/mol. The summed E-state index contributed by atoms with van der Waals surface area (Å²) >= 11 is 9.35. The molecule has 0 radical (unpaired) electrons. The van der Waals surface area contributed by atoms with Gasteiger partial charge in [0, 0.05) is 39.2 Å². The van der Waals surface area contributed by atoms with Gasteiger partial charge in [-0.25, -0.2) is 0 Å². The predicted molar refractivity (Wildman–Crippen MR) is 79.1 cm³/mol. The Morgan fingerprint density at radius 3 is 3.06 bits per heavy atom. The van der Waals surface area contributed by atoms with Crippen molar-refractivity contribution in [2.75, 3.05) is 5.75 Å². The molecule has 1 aromatic heterocycles. The Hall–Kier alpha value is -0.590. The number of hydrogen-bond donors (Lipinski definition) is 2. The van der Waals surface area contributed by atoms with E-state index in [0.717, 1.165) is 22.1 Å². The lowest BCUT2D eigenvalue weighted by atomic mass is 10.2. The number of halogens is 1. The minimum absolute atomic E-state index is 0.231. The molecule has 6 heteroatoms. The number of nitrogens with two attached hydrogens (primary N) is 1. The Bertz CT molecular complexity index is 476. The first kappa shape index (κ1) is 13.8. The van der Waals surface area contributed by atoms with E-state index >= 15 is 0 Å². The number of nitrogens with one attached hydrogen (secondary N) is 1. The van der Waals surface area contributed by atoms with Gasteiger partial charge in [-0.2, -0.15) is 0 Å². The Kier molecular flexibility index (Phi) is 5.46. The molecule has 1 unspecified atom stereocenters. The first-order valence-electron chi connectivity index (χ1n) is 5.50. The summed E-state index contributed by atoms with van der Waals surface area (Å²) in [7, 11) is 0. The molecule has 0 saturated carbocycles. The minimum Gasteiger partial charge on any atom is -0.271 e. The Morgan fingerprint density at radius 1 is 1.50 bits per heavy atom. The molecule has 1 heterocycles. The maximum Gasteiger partial charge on any atom is 0.0794 e. The number of aromatic nitrogens is 1. The highest BCUT2D eigenvalue weighted by atomic mass is 35.5. The lowest BCUT2D eigenvalue weighted by molar-refractivity contribution is 0.579. The van der Waals surface area contributed by atoms with Crippen molar-refractivity contribution < 1.29 is 0 Å². The quantitative estimate of drug-likeness (QED) is 0.489. The van der Waals surface area contributed by atoms with E-state index in [1.807, 2.05) is 29.9 Å². The van der Waals surface area contributed by atoms with E-state index in [1.165, 1.54) is 4.88 Å². The van der Waals surface area contributed by atoms with E-state index < -0.39 is 0 Å². The third kappa shape index (κ3) is 4.26. The summed E-state index contributed by atoms with van der Waals surface area (Å²) in [6, 6.07) is 8.08. The van der Waals surface area contributed by atoms with Crippen molar-refractivity contribution in [1.29, 1.82) is 0 Å². The van der Waals surface area contributed by atoms with Crippen LogP contribution in [-0.4, -0.2) is 16.8 Å². The molecule has 0 fully saturated rings. The van der Waals surface area contributed by atoms with Crippen molar-refractivity contribution in [2.24, 2.45) is 5.84 Å². The van der Waals surface area contributed by atoms with Gasteiger partial charge in [0.1, 0.15) is 0 Å². The molecule has 2 aromatic rings. The third-order valence-electron chi connectivity index (χ3n) is 2.41. The van der Waals surface area contributed by atoms with Gasteiger partial charge in [-0.1, -0.05) is 17.7 Å². The van der Waals surface area contributed by atoms with E-state index in [0.29, 0.717) is 0 Å². The molecule has 3 nitrogen and oxygen atoms in total. The highest BCUT2D eigenvalue weighted by Gasteiger charge is 2.09. The van der Waals surface area contributed by atoms with Gasteiger partial charge in [-0.3, -0.25) is 16.3 Å². The van der Waals surface area contributed by atoms with Crippen molar-refractivity contribution >= 4 is 34.7 Å². The van der Waals surface area contributed by atoms with Crippen LogP contribution in [0.1, 0.15) is 4.88 Å². The molecule has 0 aliphatic heterocycles. The third-order valence-corrected chi connectivity index (χ3v) is 4.61. The second kappa shape index (κ2) is 7.11. The van der Waals surface area contributed by atoms with Crippen molar-refractivity contribution in [3.63, 3.8) is 0 Å². The molecule has 1 aromatic carbocycles. The molecule has 2 rings (SSSR count). The van der Waals surface area contributed by atoms with Crippen molar-refractivity contribution in [3.05, 3.63) is 45.9 Å². The lowest BCUT2D eigenvalue weighted by Crippen LogP contribution is -2.38. The van der Waals surface area contributed by atoms with E-state index in [2.05, 4.69) is 16.5 Å². The summed E-state index contributed by atoms with van der Waals surface area (Å²) < 4.78 is 0. The zero-order valence-electron chi connectivity index (χ0n) is 9.67. The van der Waals surface area contributed by atoms with Crippen molar-refractivity contribution in [2.45, 2.75) is 17.4 Å². The second-order valence-electron chi connectivity index (χ2n) is 3.80. The predicted octanol–water partition coefficient (Wildman–Crippen LogP) is 2.96. The van der Waals surface area contributed by atoms with Crippen LogP contribution in [0.5, 0.6) is 0 Å². The Balaban J connectivity index is 1.87. The largest absolute Gasteiger partial charge is 0.271 e. The van der Waals surface area contributed by atoms with Crippen molar-refractivity contribution in [3.8, 4) is 0 Å². The molecule has 1 atom stereocenters. The lowest BCUT2D eigenvalue weighted by Gasteiger charge is -2.14. The van der Waals surface area contributed by atoms with Crippen LogP contribution in [-0.2, 0) is 6.42 Å². The average molecular weight is 300 g/mol. The van der Waals surface area contributed by atoms with Gasteiger partial charge in [-0.15, -0.1) is 23.1 Å². The standard InChI is InChI=1S/C12H14ClN3S2/c13-9-2-1-3-11(4-9)17-7-10(16-14)5-12-6-15-8-18-12/h1-4,6,8,10,16H,5,7,14H2. The normalized spacial score (nSPS) is 12.6. The summed E-state index contributed by atoms with van der Waals surface area (Å²) in [6.45, 7) is 0. The molecule has 0 spiro atoms. The van der Waals surface area contributed by atoms with Crippen LogP contribution in [0.15, 0.2) is 40.9 Å². The van der Waals surface area contributed by atoms with E-state index in [4.69, 9.17) is 17.4 Å².